The molecule has 0 fully saturated rings. The molecule has 4 heterocycles. The second-order valence-electron chi connectivity index (χ2n) is 5.43. The molecule has 126 valence electrons. The second kappa shape index (κ2) is 6.82. The minimum absolute atomic E-state index is 0.230. The lowest BCUT2D eigenvalue weighted by molar-refractivity contribution is 0.0707. The van der Waals surface area contributed by atoms with Gasteiger partial charge in [0.1, 0.15) is 5.76 Å². The number of carbonyl (C=O) groups excluding carboxylic acids is 1. The van der Waals surface area contributed by atoms with Crippen LogP contribution in [0.2, 0.25) is 0 Å². The Balaban J connectivity index is 1.58. The van der Waals surface area contributed by atoms with Crippen LogP contribution in [0.1, 0.15) is 21.8 Å². The summed E-state index contributed by atoms with van der Waals surface area (Å²) in [5, 5.41) is 7.89. The minimum Gasteiger partial charge on any atom is -0.467 e. The number of aromatic nitrogens is 1. The molecule has 0 spiro atoms. The molecule has 0 unspecified atom stereocenters. The molecule has 4 rings (SSSR count). The van der Waals surface area contributed by atoms with Crippen LogP contribution >= 0.6 is 11.3 Å². The van der Waals surface area contributed by atoms with E-state index < -0.39 is 0 Å². The van der Waals surface area contributed by atoms with E-state index in [2.05, 4.69) is 5.16 Å². The minimum atomic E-state index is -0.232. The van der Waals surface area contributed by atoms with Crippen molar-refractivity contribution in [2.24, 2.45) is 0 Å². The monoisotopic (exact) mass is 354 g/mol. The van der Waals surface area contributed by atoms with E-state index in [9.17, 15) is 4.79 Å². The van der Waals surface area contributed by atoms with Gasteiger partial charge in [-0.05, 0) is 46.7 Å². The Morgan fingerprint density at radius 2 is 1.96 bits per heavy atom. The van der Waals surface area contributed by atoms with E-state index in [0.29, 0.717) is 30.4 Å². The summed E-state index contributed by atoms with van der Waals surface area (Å²) in [6.45, 7) is 0.816. The van der Waals surface area contributed by atoms with Crippen molar-refractivity contribution >= 4 is 17.2 Å². The van der Waals surface area contributed by atoms with Crippen molar-refractivity contribution in [2.45, 2.75) is 13.1 Å². The molecule has 0 aliphatic carbocycles. The quantitative estimate of drug-likeness (QED) is 0.512. The normalized spacial score (nSPS) is 10.9. The third-order valence-electron chi connectivity index (χ3n) is 3.66. The van der Waals surface area contributed by atoms with Crippen LogP contribution in [-0.2, 0) is 13.1 Å². The highest BCUT2D eigenvalue weighted by Gasteiger charge is 2.22. The number of furan rings is 2. The first-order valence-electron chi connectivity index (χ1n) is 7.63. The average Bonchev–Trinajstić information content (AvgIpc) is 3.41. The molecule has 7 heteroatoms. The van der Waals surface area contributed by atoms with Crippen LogP contribution in [0, 0.1) is 0 Å². The lowest BCUT2D eigenvalue weighted by Crippen LogP contribution is -2.30. The topological polar surface area (TPSA) is 72.6 Å². The number of hydrogen-bond acceptors (Lipinski definition) is 6. The van der Waals surface area contributed by atoms with Crippen LogP contribution in [0.5, 0.6) is 0 Å². The van der Waals surface area contributed by atoms with Gasteiger partial charge < -0.3 is 18.3 Å². The Hall–Kier alpha value is -3.06. The predicted octanol–water partition coefficient (Wildman–Crippen LogP) is 4.43. The second-order valence-corrected chi connectivity index (χ2v) is 6.21. The molecule has 0 radical (unpaired) electrons. The van der Waals surface area contributed by atoms with E-state index in [0.717, 1.165) is 5.56 Å². The molecule has 1 amide bonds. The number of nitrogens with zero attached hydrogens (tertiary/aromatic N) is 2. The smallest absolute Gasteiger partial charge is 0.276 e. The highest BCUT2D eigenvalue weighted by Crippen LogP contribution is 2.22. The van der Waals surface area contributed by atoms with Gasteiger partial charge in [0.25, 0.3) is 5.91 Å². The van der Waals surface area contributed by atoms with E-state index >= 15 is 0 Å². The van der Waals surface area contributed by atoms with Gasteiger partial charge in [0.15, 0.2) is 11.5 Å². The zero-order valence-electron chi connectivity index (χ0n) is 13.1. The van der Waals surface area contributed by atoms with Crippen molar-refractivity contribution in [3.63, 3.8) is 0 Å². The number of hydrogen-bond donors (Lipinski definition) is 0. The van der Waals surface area contributed by atoms with Crippen molar-refractivity contribution in [3.05, 3.63) is 76.7 Å². The van der Waals surface area contributed by atoms with Gasteiger partial charge >= 0.3 is 0 Å². The summed E-state index contributed by atoms with van der Waals surface area (Å²) in [4.78, 5) is 14.6. The first-order valence-corrected chi connectivity index (χ1v) is 8.57. The molecular weight excluding hydrogens is 340 g/mol. The molecule has 0 aliphatic rings. The molecule has 0 aromatic carbocycles. The van der Waals surface area contributed by atoms with Crippen LogP contribution in [0.15, 0.2) is 73.0 Å². The fourth-order valence-corrected chi connectivity index (χ4v) is 3.13. The maximum atomic E-state index is 12.9. The lowest BCUT2D eigenvalue weighted by Gasteiger charge is -2.19. The first-order chi connectivity index (χ1) is 12.3. The summed E-state index contributed by atoms with van der Waals surface area (Å²) in [5.41, 5.74) is 1.29. The zero-order chi connectivity index (χ0) is 17.1. The zero-order valence-corrected chi connectivity index (χ0v) is 13.9. The maximum Gasteiger partial charge on any atom is 0.276 e. The highest BCUT2D eigenvalue weighted by atomic mass is 32.1. The molecule has 0 atom stereocenters. The predicted molar refractivity (Wildman–Crippen MR) is 90.8 cm³/mol. The van der Waals surface area contributed by atoms with E-state index in [1.165, 1.54) is 0 Å². The Morgan fingerprint density at radius 1 is 1.08 bits per heavy atom. The molecule has 0 aliphatic heterocycles. The van der Waals surface area contributed by atoms with Crippen molar-refractivity contribution < 1.29 is 18.2 Å². The number of rotatable bonds is 6. The summed E-state index contributed by atoms with van der Waals surface area (Å²) >= 11 is 1.59. The van der Waals surface area contributed by atoms with E-state index in [1.54, 1.807) is 53.0 Å². The Kier molecular flexibility index (Phi) is 4.22. The molecule has 0 bridgehead atoms. The molecule has 4 aromatic heterocycles. The molecule has 4 aromatic rings. The van der Waals surface area contributed by atoms with Crippen molar-refractivity contribution in [1.82, 2.24) is 10.1 Å². The third kappa shape index (κ3) is 3.41. The van der Waals surface area contributed by atoms with Crippen LogP contribution in [0.25, 0.3) is 11.5 Å². The number of carbonyl (C=O) groups is 1. The fraction of sp³-hybridized carbons (Fsp3) is 0.111. The molecule has 6 nitrogen and oxygen atoms in total. The van der Waals surface area contributed by atoms with E-state index in [-0.39, 0.29) is 11.6 Å². The summed E-state index contributed by atoms with van der Waals surface area (Å²) in [6, 6.07) is 10.7. The van der Waals surface area contributed by atoms with Gasteiger partial charge in [-0.1, -0.05) is 5.16 Å². The Morgan fingerprint density at radius 3 is 2.68 bits per heavy atom. The SMILES string of the molecule is O=C(c1cc(-c2ccco2)on1)N(Cc1ccsc1)Cc1ccco1. The van der Waals surface area contributed by atoms with Gasteiger partial charge in [-0.3, -0.25) is 4.79 Å². The van der Waals surface area contributed by atoms with Gasteiger partial charge in [0.2, 0.25) is 5.76 Å². The Bertz CT molecular complexity index is 888. The largest absolute Gasteiger partial charge is 0.467 e. The third-order valence-corrected chi connectivity index (χ3v) is 4.39. The van der Waals surface area contributed by atoms with Crippen LogP contribution in [-0.4, -0.2) is 16.0 Å². The summed E-state index contributed by atoms with van der Waals surface area (Å²) in [6.07, 6.45) is 3.13. The average molecular weight is 354 g/mol. The van der Waals surface area contributed by atoms with Crippen LogP contribution in [0.4, 0.5) is 0 Å². The van der Waals surface area contributed by atoms with Gasteiger partial charge in [-0.15, -0.1) is 0 Å². The lowest BCUT2D eigenvalue weighted by atomic mass is 10.2. The first kappa shape index (κ1) is 15.5. The summed E-state index contributed by atoms with van der Waals surface area (Å²) in [5.74, 6) is 1.42. The van der Waals surface area contributed by atoms with Gasteiger partial charge in [-0.2, -0.15) is 11.3 Å². The molecule has 0 saturated heterocycles. The van der Waals surface area contributed by atoms with Gasteiger partial charge in [0.05, 0.1) is 19.1 Å². The highest BCUT2D eigenvalue weighted by molar-refractivity contribution is 7.07. The van der Waals surface area contributed by atoms with Crippen molar-refractivity contribution in [3.8, 4) is 11.5 Å². The molecule has 25 heavy (non-hydrogen) atoms. The van der Waals surface area contributed by atoms with Crippen LogP contribution < -0.4 is 0 Å². The van der Waals surface area contributed by atoms with E-state index in [4.69, 9.17) is 13.4 Å². The van der Waals surface area contributed by atoms with Crippen LogP contribution in [0.3, 0.4) is 0 Å². The number of amides is 1. The summed E-state index contributed by atoms with van der Waals surface area (Å²) < 4.78 is 15.9. The van der Waals surface area contributed by atoms with Gasteiger partial charge in [-0.25, -0.2) is 0 Å². The summed E-state index contributed by atoms with van der Waals surface area (Å²) in [7, 11) is 0. The number of thiophene rings is 1. The molecular formula is C18H14N2O4S. The van der Waals surface area contributed by atoms with Gasteiger partial charge in [0, 0.05) is 12.6 Å². The standard InChI is InChI=1S/C18H14N2O4S/c21-18(15-9-17(24-19-15)16-4-2-7-23-16)20(10-13-5-8-25-12-13)11-14-3-1-6-22-14/h1-9,12H,10-11H2. The molecule has 0 saturated carbocycles. The molecule has 0 N–H and O–H groups in total. The maximum absolute atomic E-state index is 12.9. The fourth-order valence-electron chi connectivity index (χ4n) is 2.47. The van der Waals surface area contributed by atoms with Crippen molar-refractivity contribution in [2.75, 3.05) is 0 Å². The van der Waals surface area contributed by atoms with E-state index in [1.807, 2.05) is 22.9 Å². The van der Waals surface area contributed by atoms with Crippen molar-refractivity contribution in [1.29, 1.82) is 0 Å². The Labute approximate surface area is 147 Å².